The molecule has 29 heavy (non-hydrogen) atoms. The summed E-state index contributed by atoms with van der Waals surface area (Å²) in [5.41, 5.74) is 2.67. The molecule has 0 bridgehead atoms. The number of amides is 3. The number of hydrogen-bond donors (Lipinski definition) is 3. The minimum Gasteiger partial charge on any atom is -0.348 e. The topological polar surface area (TPSA) is 87.3 Å². The summed E-state index contributed by atoms with van der Waals surface area (Å²) in [5, 5.41) is 9.84. The second-order valence-electron chi connectivity index (χ2n) is 6.37. The standard InChI is InChI=1S/C22H21N3O3S/c1-15-7-2-3-8-16(15)13-23-20(26)18-10-4-5-11-19(18)25-22(28)21(27)24-14-17-9-6-12-29-17/h2-12H,13-14H2,1H3,(H,23,26)(H,24,27)(H,25,28). The van der Waals surface area contributed by atoms with E-state index in [1.165, 1.54) is 11.3 Å². The molecule has 1 aromatic heterocycles. The van der Waals surface area contributed by atoms with E-state index in [4.69, 9.17) is 0 Å². The van der Waals surface area contributed by atoms with Crippen molar-refractivity contribution >= 4 is 34.7 Å². The fourth-order valence-corrected chi connectivity index (χ4v) is 3.35. The van der Waals surface area contributed by atoms with Crippen LogP contribution in [0.2, 0.25) is 0 Å². The van der Waals surface area contributed by atoms with Gasteiger partial charge in [0.15, 0.2) is 0 Å². The third-order valence-electron chi connectivity index (χ3n) is 4.33. The van der Waals surface area contributed by atoms with Crippen LogP contribution < -0.4 is 16.0 Å². The van der Waals surface area contributed by atoms with Crippen LogP contribution >= 0.6 is 11.3 Å². The van der Waals surface area contributed by atoms with E-state index >= 15 is 0 Å². The quantitative estimate of drug-likeness (QED) is 0.548. The highest BCUT2D eigenvalue weighted by Crippen LogP contribution is 2.16. The molecule has 0 aliphatic rings. The predicted octanol–water partition coefficient (Wildman–Crippen LogP) is 3.24. The lowest BCUT2D eigenvalue weighted by atomic mass is 10.1. The average Bonchev–Trinajstić information content (AvgIpc) is 3.25. The SMILES string of the molecule is Cc1ccccc1CNC(=O)c1ccccc1NC(=O)C(=O)NCc1cccs1. The van der Waals surface area contributed by atoms with Crippen molar-refractivity contribution in [2.75, 3.05) is 5.32 Å². The lowest BCUT2D eigenvalue weighted by molar-refractivity contribution is -0.136. The Morgan fingerprint density at radius 3 is 2.34 bits per heavy atom. The van der Waals surface area contributed by atoms with Crippen LogP contribution in [0.25, 0.3) is 0 Å². The van der Waals surface area contributed by atoms with E-state index in [2.05, 4.69) is 16.0 Å². The highest BCUT2D eigenvalue weighted by molar-refractivity contribution is 7.09. The van der Waals surface area contributed by atoms with Gasteiger partial charge in [-0.15, -0.1) is 11.3 Å². The molecule has 1 heterocycles. The molecule has 0 saturated carbocycles. The van der Waals surface area contributed by atoms with E-state index in [0.717, 1.165) is 16.0 Å². The molecule has 0 spiro atoms. The summed E-state index contributed by atoms with van der Waals surface area (Å²) >= 11 is 1.49. The van der Waals surface area contributed by atoms with Crippen LogP contribution in [0.3, 0.4) is 0 Å². The van der Waals surface area contributed by atoms with Gasteiger partial charge >= 0.3 is 11.8 Å². The van der Waals surface area contributed by atoms with Crippen LogP contribution in [0.15, 0.2) is 66.0 Å². The highest BCUT2D eigenvalue weighted by Gasteiger charge is 2.18. The molecular formula is C22H21N3O3S. The summed E-state index contributed by atoms with van der Waals surface area (Å²) in [6, 6.07) is 18.1. The van der Waals surface area contributed by atoms with Crippen molar-refractivity contribution in [3.8, 4) is 0 Å². The maximum Gasteiger partial charge on any atom is 0.313 e. The average molecular weight is 407 g/mol. The van der Waals surface area contributed by atoms with Crippen molar-refractivity contribution in [3.63, 3.8) is 0 Å². The molecule has 0 aliphatic carbocycles. The zero-order chi connectivity index (χ0) is 20.6. The number of carbonyl (C=O) groups excluding carboxylic acids is 3. The number of benzene rings is 2. The van der Waals surface area contributed by atoms with Crippen molar-refractivity contribution in [1.29, 1.82) is 0 Å². The zero-order valence-electron chi connectivity index (χ0n) is 15.9. The zero-order valence-corrected chi connectivity index (χ0v) is 16.7. The first kappa shape index (κ1) is 20.3. The van der Waals surface area contributed by atoms with Crippen LogP contribution in [0.1, 0.15) is 26.4 Å². The van der Waals surface area contributed by atoms with Gasteiger partial charge in [-0.2, -0.15) is 0 Å². The summed E-state index contributed by atoms with van der Waals surface area (Å²) in [6.07, 6.45) is 0. The normalized spacial score (nSPS) is 10.2. The third-order valence-corrected chi connectivity index (χ3v) is 5.21. The van der Waals surface area contributed by atoms with Gasteiger partial charge in [0.1, 0.15) is 0 Å². The summed E-state index contributed by atoms with van der Waals surface area (Å²) in [6.45, 7) is 2.63. The molecular weight excluding hydrogens is 386 g/mol. The molecule has 0 fully saturated rings. The van der Waals surface area contributed by atoms with Crippen LogP contribution in [-0.4, -0.2) is 17.7 Å². The number of thiophene rings is 1. The Morgan fingerprint density at radius 1 is 0.828 bits per heavy atom. The molecule has 0 aliphatic heterocycles. The Balaban J connectivity index is 1.61. The molecule has 0 unspecified atom stereocenters. The van der Waals surface area contributed by atoms with Crippen molar-refractivity contribution in [1.82, 2.24) is 10.6 Å². The molecule has 3 aromatic rings. The first-order chi connectivity index (χ1) is 14.0. The fourth-order valence-electron chi connectivity index (χ4n) is 2.71. The number of hydrogen-bond acceptors (Lipinski definition) is 4. The number of rotatable bonds is 6. The number of carbonyl (C=O) groups is 3. The number of aryl methyl sites for hydroxylation is 1. The van der Waals surface area contributed by atoms with Gasteiger partial charge in [-0.05, 0) is 41.6 Å². The number of para-hydroxylation sites is 1. The number of anilines is 1. The van der Waals surface area contributed by atoms with Crippen molar-refractivity contribution in [3.05, 3.63) is 87.6 Å². The van der Waals surface area contributed by atoms with Gasteiger partial charge in [-0.3, -0.25) is 14.4 Å². The molecule has 7 heteroatoms. The van der Waals surface area contributed by atoms with E-state index in [0.29, 0.717) is 12.1 Å². The second kappa shape index (κ2) is 9.66. The second-order valence-corrected chi connectivity index (χ2v) is 7.40. The fraction of sp³-hybridized carbons (Fsp3) is 0.136. The van der Waals surface area contributed by atoms with E-state index in [-0.39, 0.29) is 18.1 Å². The smallest absolute Gasteiger partial charge is 0.313 e. The summed E-state index contributed by atoms with van der Waals surface area (Å²) in [5.74, 6) is -1.91. The van der Waals surface area contributed by atoms with Crippen LogP contribution in [-0.2, 0) is 22.7 Å². The summed E-state index contributed by atoms with van der Waals surface area (Å²) < 4.78 is 0. The molecule has 0 saturated heterocycles. The molecule has 2 aromatic carbocycles. The monoisotopic (exact) mass is 407 g/mol. The largest absolute Gasteiger partial charge is 0.348 e. The molecule has 3 amide bonds. The van der Waals surface area contributed by atoms with Gasteiger partial charge in [-0.1, -0.05) is 42.5 Å². The molecule has 3 rings (SSSR count). The number of nitrogens with one attached hydrogen (secondary N) is 3. The first-order valence-corrected chi connectivity index (χ1v) is 9.96. The molecule has 0 atom stereocenters. The van der Waals surface area contributed by atoms with Crippen molar-refractivity contribution in [2.24, 2.45) is 0 Å². The lowest BCUT2D eigenvalue weighted by Crippen LogP contribution is -2.35. The molecule has 6 nitrogen and oxygen atoms in total. The Bertz CT molecular complexity index is 1020. The van der Waals surface area contributed by atoms with Crippen molar-refractivity contribution in [2.45, 2.75) is 20.0 Å². The van der Waals surface area contributed by atoms with E-state index in [1.807, 2.05) is 48.7 Å². The van der Waals surface area contributed by atoms with Gasteiger partial charge in [0, 0.05) is 11.4 Å². The Kier molecular flexibility index (Phi) is 6.76. The van der Waals surface area contributed by atoms with Gasteiger partial charge in [0.25, 0.3) is 5.91 Å². The van der Waals surface area contributed by atoms with E-state index < -0.39 is 11.8 Å². The maximum absolute atomic E-state index is 12.6. The Labute approximate surface area is 173 Å². The van der Waals surface area contributed by atoms with Gasteiger partial charge in [0.05, 0.1) is 17.8 Å². The predicted molar refractivity (Wildman–Crippen MR) is 114 cm³/mol. The van der Waals surface area contributed by atoms with Gasteiger partial charge in [-0.25, -0.2) is 0 Å². The van der Waals surface area contributed by atoms with Crippen LogP contribution in [0, 0.1) is 6.92 Å². The van der Waals surface area contributed by atoms with Crippen molar-refractivity contribution < 1.29 is 14.4 Å². The minimum atomic E-state index is -0.819. The highest BCUT2D eigenvalue weighted by atomic mass is 32.1. The van der Waals surface area contributed by atoms with Crippen LogP contribution in [0.5, 0.6) is 0 Å². The minimum absolute atomic E-state index is 0.280. The maximum atomic E-state index is 12.6. The lowest BCUT2D eigenvalue weighted by Gasteiger charge is -2.12. The van der Waals surface area contributed by atoms with Crippen LogP contribution in [0.4, 0.5) is 5.69 Å². The summed E-state index contributed by atoms with van der Waals surface area (Å²) in [4.78, 5) is 37.8. The van der Waals surface area contributed by atoms with E-state index in [9.17, 15) is 14.4 Å². The van der Waals surface area contributed by atoms with Gasteiger partial charge in [0.2, 0.25) is 0 Å². The Morgan fingerprint density at radius 2 is 1.59 bits per heavy atom. The molecule has 0 radical (unpaired) electrons. The van der Waals surface area contributed by atoms with Gasteiger partial charge < -0.3 is 16.0 Å². The molecule has 3 N–H and O–H groups in total. The summed E-state index contributed by atoms with van der Waals surface area (Å²) in [7, 11) is 0. The molecule has 148 valence electrons. The first-order valence-electron chi connectivity index (χ1n) is 9.08. The Hall–Kier alpha value is -3.45. The third kappa shape index (κ3) is 5.52. The van der Waals surface area contributed by atoms with E-state index in [1.54, 1.807) is 24.3 Å².